The number of amides is 1. The molecular weight excluding hydrogens is 292 g/mol. The van der Waals surface area contributed by atoms with Crippen LogP contribution in [0.5, 0.6) is 5.75 Å². The topological polar surface area (TPSA) is 50.8 Å². The summed E-state index contributed by atoms with van der Waals surface area (Å²) in [4.78, 5) is 14.7. The van der Waals surface area contributed by atoms with Crippen LogP contribution in [0, 0.1) is 0 Å². The summed E-state index contributed by atoms with van der Waals surface area (Å²) in [6.45, 7) is 3.07. The average molecular weight is 318 g/mol. The molecule has 5 heteroatoms. The molecule has 0 saturated carbocycles. The van der Waals surface area contributed by atoms with E-state index in [9.17, 15) is 4.79 Å². The van der Waals surface area contributed by atoms with E-state index in [4.69, 9.17) is 9.47 Å². The van der Waals surface area contributed by atoms with E-state index in [0.717, 1.165) is 51.1 Å². The molecule has 3 rings (SSSR count). The molecule has 0 aliphatic carbocycles. The first-order valence-electron chi connectivity index (χ1n) is 8.58. The first-order chi connectivity index (χ1) is 11.3. The van der Waals surface area contributed by atoms with Crippen molar-refractivity contribution in [3.8, 4) is 5.75 Å². The lowest BCUT2D eigenvalue weighted by molar-refractivity contribution is 0.0676. The van der Waals surface area contributed by atoms with Gasteiger partial charge in [-0.05, 0) is 50.9 Å². The predicted octanol–water partition coefficient (Wildman–Crippen LogP) is 2.07. The monoisotopic (exact) mass is 318 g/mol. The molecule has 1 aromatic carbocycles. The molecule has 2 aliphatic heterocycles. The second kappa shape index (κ2) is 7.79. The van der Waals surface area contributed by atoms with E-state index in [0.29, 0.717) is 18.2 Å². The highest BCUT2D eigenvalue weighted by Crippen LogP contribution is 2.22. The maximum Gasteiger partial charge on any atom is 0.254 e. The Kier molecular flexibility index (Phi) is 5.51. The summed E-state index contributed by atoms with van der Waals surface area (Å²) in [7, 11) is 1.93. The van der Waals surface area contributed by atoms with Gasteiger partial charge in [-0.3, -0.25) is 4.79 Å². The number of likely N-dealkylation sites (N-methyl/N-ethyl adjacent to an activating group) is 1. The molecule has 2 aliphatic rings. The van der Waals surface area contributed by atoms with Gasteiger partial charge in [-0.15, -0.1) is 0 Å². The lowest BCUT2D eigenvalue weighted by atomic mass is 10.1. The van der Waals surface area contributed by atoms with Crippen LogP contribution >= 0.6 is 0 Å². The summed E-state index contributed by atoms with van der Waals surface area (Å²) < 4.78 is 11.4. The number of ether oxygens (including phenoxy) is 2. The van der Waals surface area contributed by atoms with Crippen molar-refractivity contribution in [1.29, 1.82) is 0 Å². The fraction of sp³-hybridized carbons (Fsp3) is 0.611. The van der Waals surface area contributed by atoms with Gasteiger partial charge < -0.3 is 19.7 Å². The molecule has 2 heterocycles. The molecule has 0 aromatic heterocycles. The zero-order valence-electron chi connectivity index (χ0n) is 13.8. The summed E-state index contributed by atoms with van der Waals surface area (Å²) in [5, 5.41) is 3.18. The standard InChI is InChI=1S/C18H26N2O3/c1-19-12-15-6-3-9-20(15)18(21)14-5-2-7-16(11-14)23-13-17-8-4-10-22-17/h2,5,7,11,15,17,19H,3-4,6,8-10,12-13H2,1H3. The van der Waals surface area contributed by atoms with Crippen molar-refractivity contribution in [1.82, 2.24) is 10.2 Å². The van der Waals surface area contributed by atoms with Crippen LogP contribution in [0.2, 0.25) is 0 Å². The van der Waals surface area contributed by atoms with Crippen molar-refractivity contribution in [2.75, 3.05) is 33.4 Å². The normalized spacial score (nSPS) is 24.1. The van der Waals surface area contributed by atoms with Gasteiger partial charge in [-0.1, -0.05) is 6.07 Å². The lowest BCUT2D eigenvalue weighted by Gasteiger charge is -2.24. The zero-order chi connectivity index (χ0) is 16.1. The number of carbonyl (C=O) groups excluding carboxylic acids is 1. The third-order valence-electron chi connectivity index (χ3n) is 4.62. The summed E-state index contributed by atoms with van der Waals surface area (Å²) in [6.07, 6.45) is 4.50. The number of nitrogens with one attached hydrogen (secondary N) is 1. The van der Waals surface area contributed by atoms with Crippen molar-refractivity contribution < 1.29 is 14.3 Å². The number of nitrogens with zero attached hydrogens (tertiary/aromatic N) is 1. The van der Waals surface area contributed by atoms with Gasteiger partial charge in [0.1, 0.15) is 12.4 Å². The van der Waals surface area contributed by atoms with Gasteiger partial charge in [-0.25, -0.2) is 0 Å². The van der Waals surface area contributed by atoms with Gasteiger partial charge in [0.05, 0.1) is 6.10 Å². The average Bonchev–Trinajstić information content (AvgIpc) is 3.24. The smallest absolute Gasteiger partial charge is 0.254 e. The Bertz CT molecular complexity index is 529. The molecule has 126 valence electrons. The minimum atomic E-state index is 0.102. The van der Waals surface area contributed by atoms with Crippen LogP contribution in [0.15, 0.2) is 24.3 Å². The van der Waals surface area contributed by atoms with Gasteiger partial charge in [0.2, 0.25) is 0 Å². The van der Waals surface area contributed by atoms with Crippen molar-refractivity contribution in [2.45, 2.75) is 37.8 Å². The van der Waals surface area contributed by atoms with Crippen molar-refractivity contribution >= 4 is 5.91 Å². The van der Waals surface area contributed by atoms with E-state index in [1.54, 1.807) is 0 Å². The van der Waals surface area contributed by atoms with Gasteiger partial charge in [0, 0.05) is 31.3 Å². The Morgan fingerprint density at radius 2 is 2.30 bits per heavy atom. The van der Waals surface area contributed by atoms with E-state index < -0.39 is 0 Å². The Hall–Kier alpha value is -1.59. The highest BCUT2D eigenvalue weighted by molar-refractivity contribution is 5.95. The van der Waals surface area contributed by atoms with Gasteiger partial charge in [0.15, 0.2) is 0 Å². The van der Waals surface area contributed by atoms with Crippen molar-refractivity contribution in [3.05, 3.63) is 29.8 Å². The first kappa shape index (κ1) is 16.3. The second-order valence-electron chi connectivity index (χ2n) is 6.33. The summed E-state index contributed by atoms with van der Waals surface area (Å²) in [5.74, 6) is 0.848. The quantitative estimate of drug-likeness (QED) is 0.872. The molecule has 1 amide bonds. The summed E-state index contributed by atoms with van der Waals surface area (Å²) >= 11 is 0. The maximum atomic E-state index is 12.8. The largest absolute Gasteiger partial charge is 0.491 e. The molecule has 23 heavy (non-hydrogen) atoms. The van der Waals surface area contributed by atoms with Crippen LogP contribution in [-0.2, 0) is 4.74 Å². The molecule has 2 saturated heterocycles. The Labute approximate surface area is 137 Å². The molecule has 1 aromatic rings. The van der Waals surface area contributed by atoms with Crippen LogP contribution < -0.4 is 10.1 Å². The number of carbonyl (C=O) groups is 1. The fourth-order valence-electron chi connectivity index (χ4n) is 3.40. The van der Waals surface area contributed by atoms with Crippen molar-refractivity contribution in [3.63, 3.8) is 0 Å². The lowest BCUT2D eigenvalue weighted by Crippen LogP contribution is -2.40. The van der Waals surface area contributed by atoms with E-state index in [1.807, 2.05) is 36.2 Å². The zero-order valence-corrected chi connectivity index (χ0v) is 13.8. The SMILES string of the molecule is CNCC1CCCN1C(=O)c1cccc(OCC2CCCO2)c1. The second-order valence-corrected chi connectivity index (χ2v) is 6.33. The van der Waals surface area contributed by atoms with E-state index in [1.165, 1.54) is 0 Å². The first-order valence-corrected chi connectivity index (χ1v) is 8.58. The predicted molar refractivity (Wildman–Crippen MR) is 88.9 cm³/mol. The minimum Gasteiger partial charge on any atom is -0.491 e. The maximum absolute atomic E-state index is 12.8. The Balaban J connectivity index is 1.62. The van der Waals surface area contributed by atoms with Gasteiger partial charge >= 0.3 is 0 Å². The summed E-state index contributed by atoms with van der Waals surface area (Å²) in [6, 6.07) is 7.81. The molecule has 5 nitrogen and oxygen atoms in total. The molecule has 2 unspecified atom stereocenters. The number of hydrogen-bond donors (Lipinski definition) is 1. The van der Waals surface area contributed by atoms with E-state index >= 15 is 0 Å². The van der Waals surface area contributed by atoms with Crippen LogP contribution in [0.4, 0.5) is 0 Å². The molecule has 0 bridgehead atoms. The molecule has 2 atom stereocenters. The molecule has 0 spiro atoms. The molecular formula is C18H26N2O3. The molecule has 1 N–H and O–H groups in total. The summed E-state index contributed by atoms with van der Waals surface area (Å²) in [5.41, 5.74) is 0.706. The Morgan fingerprint density at radius 3 is 3.09 bits per heavy atom. The third kappa shape index (κ3) is 4.03. The molecule has 0 radical (unpaired) electrons. The van der Waals surface area contributed by atoms with Crippen LogP contribution in [0.3, 0.4) is 0 Å². The highest BCUT2D eigenvalue weighted by atomic mass is 16.5. The van der Waals surface area contributed by atoms with Crippen molar-refractivity contribution in [2.24, 2.45) is 0 Å². The number of benzene rings is 1. The number of rotatable bonds is 6. The minimum absolute atomic E-state index is 0.102. The van der Waals surface area contributed by atoms with Crippen LogP contribution in [-0.4, -0.2) is 56.3 Å². The van der Waals surface area contributed by atoms with Crippen LogP contribution in [0.1, 0.15) is 36.0 Å². The molecule has 2 fully saturated rings. The Morgan fingerprint density at radius 1 is 1.39 bits per heavy atom. The van der Waals surface area contributed by atoms with E-state index in [2.05, 4.69) is 5.32 Å². The number of hydrogen-bond acceptors (Lipinski definition) is 4. The fourth-order valence-corrected chi connectivity index (χ4v) is 3.40. The van der Waals surface area contributed by atoms with Crippen LogP contribution in [0.25, 0.3) is 0 Å². The third-order valence-corrected chi connectivity index (χ3v) is 4.62. The number of likely N-dealkylation sites (tertiary alicyclic amines) is 1. The highest BCUT2D eigenvalue weighted by Gasteiger charge is 2.29. The van der Waals surface area contributed by atoms with Gasteiger partial charge in [0.25, 0.3) is 5.91 Å². The van der Waals surface area contributed by atoms with E-state index in [-0.39, 0.29) is 12.0 Å². The van der Waals surface area contributed by atoms with Gasteiger partial charge in [-0.2, -0.15) is 0 Å².